The molecular formula is C36H74N2O6P+. The molecule has 0 radical (unpaired) electrons. The maximum absolute atomic E-state index is 12.7. The van der Waals surface area contributed by atoms with E-state index in [1.807, 2.05) is 27.2 Å². The van der Waals surface area contributed by atoms with Crippen LogP contribution in [0.3, 0.4) is 0 Å². The molecule has 0 aliphatic heterocycles. The summed E-state index contributed by atoms with van der Waals surface area (Å²) < 4.78 is 23.4. The van der Waals surface area contributed by atoms with Gasteiger partial charge < -0.3 is 19.8 Å². The zero-order valence-corrected chi connectivity index (χ0v) is 31.0. The lowest BCUT2D eigenvalue weighted by Gasteiger charge is -2.25. The molecule has 1 amide bonds. The summed E-state index contributed by atoms with van der Waals surface area (Å²) in [5.74, 6) is -0.183. The molecular weight excluding hydrogens is 587 g/mol. The SMILES string of the molecule is CCCCCCCCCCCCCCC/C=C/C(O)C(COP(=O)(O)OCC[N+](C)(C)C)NC(=O)CCCCCCCCCC. The van der Waals surface area contributed by atoms with E-state index in [1.54, 1.807) is 6.08 Å². The average Bonchev–Trinajstić information content (AvgIpc) is 2.97. The van der Waals surface area contributed by atoms with Gasteiger partial charge >= 0.3 is 7.82 Å². The molecule has 0 rings (SSSR count). The molecule has 9 heteroatoms. The van der Waals surface area contributed by atoms with E-state index in [9.17, 15) is 19.4 Å². The van der Waals surface area contributed by atoms with Crippen molar-refractivity contribution in [2.45, 2.75) is 174 Å². The van der Waals surface area contributed by atoms with Crippen molar-refractivity contribution in [3.63, 3.8) is 0 Å². The number of aliphatic hydroxyl groups excluding tert-OH is 1. The lowest BCUT2D eigenvalue weighted by molar-refractivity contribution is -0.870. The summed E-state index contributed by atoms with van der Waals surface area (Å²) in [6.07, 6.45) is 29.9. The average molecular weight is 662 g/mol. The Morgan fingerprint density at radius 3 is 1.64 bits per heavy atom. The zero-order valence-electron chi connectivity index (χ0n) is 30.1. The fourth-order valence-corrected chi connectivity index (χ4v) is 5.95. The van der Waals surface area contributed by atoms with E-state index in [0.29, 0.717) is 17.4 Å². The van der Waals surface area contributed by atoms with E-state index in [0.717, 1.165) is 38.5 Å². The molecule has 0 aliphatic rings. The summed E-state index contributed by atoms with van der Waals surface area (Å²) in [5.41, 5.74) is 0. The minimum Gasteiger partial charge on any atom is -0.387 e. The fourth-order valence-electron chi connectivity index (χ4n) is 5.22. The van der Waals surface area contributed by atoms with Crippen molar-refractivity contribution in [1.29, 1.82) is 0 Å². The number of allylic oxidation sites excluding steroid dienone is 1. The first-order chi connectivity index (χ1) is 21.5. The van der Waals surface area contributed by atoms with Crippen LogP contribution in [0.5, 0.6) is 0 Å². The number of nitrogens with zero attached hydrogens (tertiary/aromatic N) is 1. The Kier molecular flexibility index (Phi) is 28.9. The second-order valence-corrected chi connectivity index (χ2v) is 15.4. The van der Waals surface area contributed by atoms with E-state index in [4.69, 9.17) is 9.05 Å². The predicted molar refractivity (Wildman–Crippen MR) is 189 cm³/mol. The molecule has 0 aromatic heterocycles. The number of phosphoric ester groups is 1. The quantitative estimate of drug-likeness (QED) is 0.0280. The van der Waals surface area contributed by atoms with E-state index in [1.165, 1.54) is 103 Å². The Labute approximate surface area is 278 Å². The van der Waals surface area contributed by atoms with Gasteiger partial charge in [0, 0.05) is 6.42 Å². The summed E-state index contributed by atoms with van der Waals surface area (Å²) in [7, 11) is 1.57. The number of carbonyl (C=O) groups is 1. The number of rotatable bonds is 33. The highest BCUT2D eigenvalue weighted by atomic mass is 31.2. The normalized spacial score (nSPS) is 14.9. The maximum Gasteiger partial charge on any atom is 0.472 e. The van der Waals surface area contributed by atoms with Gasteiger partial charge in [0.25, 0.3) is 0 Å². The smallest absolute Gasteiger partial charge is 0.387 e. The summed E-state index contributed by atoms with van der Waals surface area (Å²) >= 11 is 0. The largest absolute Gasteiger partial charge is 0.472 e. The molecule has 0 fully saturated rings. The van der Waals surface area contributed by atoms with Crippen LogP contribution in [-0.2, 0) is 18.4 Å². The van der Waals surface area contributed by atoms with Gasteiger partial charge in [0.15, 0.2) is 0 Å². The van der Waals surface area contributed by atoms with Gasteiger partial charge in [-0.2, -0.15) is 0 Å². The van der Waals surface area contributed by atoms with E-state index < -0.39 is 20.0 Å². The predicted octanol–water partition coefficient (Wildman–Crippen LogP) is 9.24. The molecule has 0 aromatic rings. The Morgan fingerprint density at radius 2 is 1.18 bits per heavy atom. The van der Waals surface area contributed by atoms with Crippen molar-refractivity contribution in [3.05, 3.63) is 12.2 Å². The lowest BCUT2D eigenvalue weighted by atomic mass is 10.0. The Bertz CT molecular complexity index is 758. The summed E-state index contributed by atoms with van der Waals surface area (Å²) in [6, 6.07) is -0.836. The first-order valence-corrected chi connectivity index (χ1v) is 20.1. The summed E-state index contributed by atoms with van der Waals surface area (Å²) in [4.78, 5) is 22.8. The topological polar surface area (TPSA) is 105 Å². The maximum atomic E-state index is 12.7. The van der Waals surface area contributed by atoms with Crippen molar-refractivity contribution in [3.8, 4) is 0 Å². The second-order valence-electron chi connectivity index (χ2n) is 14.0. The minimum absolute atomic E-state index is 0.0638. The number of aliphatic hydroxyl groups is 1. The summed E-state index contributed by atoms with van der Waals surface area (Å²) in [5, 5.41) is 13.7. The molecule has 0 saturated carbocycles. The van der Waals surface area contributed by atoms with Crippen molar-refractivity contribution < 1.29 is 32.9 Å². The highest BCUT2D eigenvalue weighted by Crippen LogP contribution is 2.43. The number of nitrogens with one attached hydrogen (secondary N) is 1. The molecule has 0 spiro atoms. The minimum atomic E-state index is -4.32. The van der Waals surface area contributed by atoms with Crippen LogP contribution < -0.4 is 5.32 Å². The van der Waals surface area contributed by atoms with Gasteiger partial charge in [-0.3, -0.25) is 13.8 Å². The van der Waals surface area contributed by atoms with E-state index in [-0.39, 0.29) is 19.1 Å². The zero-order chi connectivity index (χ0) is 33.7. The van der Waals surface area contributed by atoms with Crippen LogP contribution in [0.4, 0.5) is 0 Å². The Balaban J connectivity index is 4.51. The molecule has 45 heavy (non-hydrogen) atoms. The monoisotopic (exact) mass is 662 g/mol. The molecule has 268 valence electrons. The number of carbonyl (C=O) groups excluding carboxylic acids is 1. The van der Waals surface area contributed by atoms with E-state index in [2.05, 4.69) is 19.2 Å². The molecule has 3 atom stereocenters. The van der Waals surface area contributed by atoms with Crippen LogP contribution >= 0.6 is 7.82 Å². The standard InChI is InChI=1S/C36H73N2O6P/c1-6-8-10-12-14-16-17-18-19-20-21-22-23-25-27-29-35(39)34(33-44-45(41,42)43-32-31-38(3,4)5)37-36(40)30-28-26-24-15-13-11-9-7-2/h27,29,34-35,39H,6-26,28,30-33H2,1-5H3,(H-,37,40,41,42)/p+1/b29-27+. The van der Waals surface area contributed by atoms with Gasteiger partial charge in [-0.05, 0) is 19.3 Å². The molecule has 0 bridgehead atoms. The third kappa shape index (κ3) is 31.6. The van der Waals surface area contributed by atoms with Crippen LogP contribution in [-0.4, -0.2) is 73.4 Å². The van der Waals surface area contributed by atoms with Gasteiger partial charge in [-0.1, -0.05) is 148 Å². The van der Waals surface area contributed by atoms with Gasteiger partial charge in [-0.25, -0.2) is 4.57 Å². The number of unbranched alkanes of at least 4 members (excludes halogenated alkanes) is 20. The van der Waals surface area contributed by atoms with Gasteiger partial charge in [0.2, 0.25) is 5.91 Å². The van der Waals surface area contributed by atoms with Crippen molar-refractivity contribution in [2.24, 2.45) is 0 Å². The highest BCUT2D eigenvalue weighted by Gasteiger charge is 2.27. The van der Waals surface area contributed by atoms with E-state index >= 15 is 0 Å². The molecule has 3 unspecified atom stereocenters. The van der Waals surface area contributed by atoms with Crippen molar-refractivity contribution in [1.82, 2.24) is 5.32 Å². The van der Waals surface area contributed by atoms with Gasteiger partial charge in [0.1, 0.15) is 13.2 Å². The third-order valence-corrected chi connectivity index (χ3v) is 9.24. The first kappa shape index (κ1) is 44.2. The first-order valence-electron chi connectivity index (χ1n) is 18.6. The van der Waals surface area contributed by atoms with Crippen LogP contribution in [0.2, 0.25) is 0 Å². The number of hydrogen-bond acceptors (Lipinski definition) is 5. The number of quaternary nitrogens is 1. The Morgan fingerprint density at radius 1 is 0.733 bits per heavy atom. The van der Waals surface area contributed by atoms with Crippen LogP contribution in [0, 0.1) is 0 Å². The highest BCUT2D eigenvalue weighted by molar-refractivity contribution is 7.47. The van der Waals surface area contributed by atoms with Crippen molar-refractivity contribution >= 4 is 13.7 Å². The molecule has 0 aromatic carbocycles. The number of amides is 1. The molecule has 3 N–H and O–H groups in total. The number of hydrogen-bond donors (Lipinski definition) is 3. The van der Waals surface area contributed by atoms with Crippen LogP contribution in [0.1, 0.15) is 162 Å². The van der Waals surface area contributed by atoms with Gasteiger partial charge in [-0.15, -0.1) is 0 Å². The summed E-state index contributed by atoms with van der Waals surface area (Å²) in [6.45, 7) is 4.76. The van der Waals surface area contributed by atoms with Crippen LogP contribution in [0.15, 0.2) is 12.2 Å². The lowest BCUT2D eigenvalue weighted by Crippen LogP contribution is -2.45. The van der Waals surface area contributed by atoms with Gasteiger partial charge in [0.05, 0.1) is 39.9 Å². The number of likely N-dealkylation sites (N-methyl/N-ethyl adjacent to an activating group) is 1. The Hall–Kier alpha value is -0.760. The molecule has 8 nitrogen and oxygen atoms in total. The fraction of sp³-hybridized carbons (Fsp3) is 0.917. The van der Waals surface area contributed by atoms with Crippen molar-refractivity contribution in [2.75, 3.05) is 40.9 Å². The third-order valence-electron chi connectivity index (χ3n) is 8.26. The number of phosphoric acid groups is 1. The second kappa shape index (κ2) is 29.4. The molecule has 0 heterocycles. The molecule has 0 saturated heterocycles. The van der Waals surface area contributed by atoms with Crippen LogP contribution in [0.25, 0.3) is 0 Å². The molecule has 0 aliphatic carbocycles.